The van der Waals surface area contributed by atoms with Crippen LogP contribution in [0.5, 0.6) is 5.75 Å². The van der Waals surface area contributed by atoms with Crippen molar-refractivity contribution in [3.8, 4) is 5.75 Å². The number of carbonyl (C=O) groups is 1. The van der Waals surface area contributed by atoms with Gasteiger partial charge in [-0.15, -0.1) is 11.8 Å². The van der Waals surface area contributed by atoms with Gasteiger partial charge in [0.15, 0.2) is 0 Å². The minimum Gasteiger partial charge on any atom is -0.497 e. The molecule has 6 nitrogen and oxygen atoms in total. The van der Waals surface area contributed by atoms with Crippen LogP contribution in [0, 0.1) is 5.82 Å². The number of thioether (sulfide) groups is 1. The van der Waals surface area contributed by atoms with E-state index in [2.05, 4.69) is 15.2 Å². The molecule has 1 saturated heterocycles. The van der Waals surface area contributed by atoms with E-state index in [9.17, 15) is 9.18 Å². The number of methoxy groups -OCH3 is 1. The van der Waals surface area contributed by atoms with Gasteiger partial charge in [0, 0.05) is 35.6 Å². The second kappa shape index (κ2) is 10.5. The Morgan fingerprint density at radius 1 is 1.14 bits per heavy atom. The first-order valence-corrected chi connectivity index (χ1v) is 12.4. The summed E-state index contributed by atoms with van der Waals surface area (Å²) < 4.78 is 20.6. The van der Waals surface area contributed by atoms with Gasteiger partial charge in [-0.1, -0.05) is 18.2 Å². The molecule has 2 aromatic carbocycles. The van der Waals surface area contributed by atoms with Gasteiger partial charge in [0.1, 0.15) is 17.2 Å². The Morgan fingerprint density at radius 3 is 2.69 bits per heavy atom. The summed E-state index contributed by atoms with van der Waals surface area (Å²) in [5.74, 6) is 0.551. The molecule has 180 valence electrons. The van der Waals surface area contributed by atoms with Crippen molar-refractivity contribution in [1.29, 1.82) is 0 Å². The number of nitrogens with one attached hydrogen (secondary N) is 1. The van der Waals surface area contributed by atoms with Crippen molar-refractivity contribution in [2.24, 2.45) is 0 Å². The molecule has 0 saturated carbocycles. The van der Waals surface area contributed by atoms with E-state index >= 15 is 0 Å². The molecular weight excluding hydrogens is 463 g/mol. The molecule has 5 rings (SSSR count). The van der Waals surface area contributed by atoms with Crippen LogP contribution < -0.4 is 10.1 Å². The first-order chi connectivity index (χ1) is 17.1. The number of hydrogen-bond donors (Lipinski definition) is 1. The molecule has 1 N–H and O–H groups in total. The largest absolute Gasteiger partial charge is 0.497 e. The SMILES string of the molecule is COc1ccc(S[C@@H]2C[C@@H](C(=O)NCc3cn4ccccc4n3)N(Cc3ccc(F)cc3)C2)cc1. The fraction of sp³-hybridized carbons (Fsp3) is 0.259. The Hall–Kier alpha value is -3.36. The van der Waals surface area contributed by atoms with Crippen LogP contribution in [-0.2, 0) is 17.9 Å². The number of hydrogen-bond acceptors (Lipinski definition) is 5. The van der Waals surface area contributed by atoms with Gasteiger partial charge in [-0.05, 0) is 60.5 Å². The minimum absolute atomic E-state index is 0.0120. The zero-order valence-corrected chi connectivity index (χ0v) is 20.2. The van der Waals surface area contributed by atoms with Crippen LogP contribution in [0.1, 0.15) is 17.7 Å². The van der Waals surface area contributed by atoms with Crippen molar-refractivity contribution in [3.63, 3.8) is 0 Å². The maximum absolute atomic E-state index is 13.4. The smallest absolute Gasteiger partial charge is 0.237 e. The number of halogens is 1. The number of imidazole rings is 1. The summed E-state index contributed by atoms with van der Waals surface area (Å²) in [6.07, 6.45) is 4.60. The van der Waals surface area contributed by atoms with Crippen LogP contribution in [0.4, 0.5) is 4.39 Å². The second-order valence-electron chi connectivity index (χ2n) is 8.64. The first-order valence-electron chi connectivity index (χ1n) is 11.6. The maximum Gasteiger partial charge on any atom is 0.237 e. The Morgan fingerprint density at radius 2 is 1.94 bits per heavy atom. The summed E-state index contributed by atoms with van der Waals surface area (Å²) in [5, 5.41) is 3.34. The van der Waals surface area contributed by atoms with E-state index in [1.165, 1.54) is 12.1 Å². The molecule has 1 fully saturated rings. The number of amides is 1. The van der Waals surface area contributed by atoms with E-state index in [0.29, 0.717) is 13.1 Å². The highest BCUT2D eigenvalue weighted by Crippen LogP contribution is 2.34. The number of pyridine rings is 1. The minimum atomic E-state index is -0.271. The van der Waals surface area contributed by atoms with E-state index in [1.807, 2.05) is 59.3 Å². The molecule has 0 radical (unpaired) electrons. The van der Waals surface area contributed by atoms with Gasteiger partial charge in [-0.25, -0.2) is 9.37 Å². The van der Waals surface area contributed by atoms with Gasteiger partial charge in [-0.2, -0.15) is 0 Å². The van der Waals surface area contributed by atoms with Crippen LogP contribution in [0.3, 0.4) is 0 Å². The number of benzene rings is 2. The lowest BCUT2D eigenvalue weighted by atomic mass is 10.1. The molecule has 0 unspecified atom stereocenters. The number of aromatic nitrogens is 2. The lowest BCUT2D eigenvalue weighted by molar-refractivity contribution is -0.125. The third-order valence-corrected chi connectivity index (χ3v) is 7.41. The molecule has 0 bridgehead atoms. The number of fused-ring (bicyclic) bond motifs is 1. The van der Waals surface area contributed by atoms with Crippen molar-refractivity contribution in [2.75, 3.05) is 13.7 Å². The van der Waals surface area contributed by atoms with Crippen LogP contribution in [0.15, 0.2) is 84.0 Å². The predicted octanol–water partition coefficient (Wildman–Crippen LogP) is 4.53. The monoisotopic (exact) mass is 490 g/mol. The first kappa shape index (κ1) is 23.4. The Bertz CT molecular complexity index is 1260. The van der Waals surface area contributed by atoms with E-state index in [0.717, 1.165) is 40.5 Å². The van der Waals surface area contributed by atoms with Crippen LogP contribution in [0.2, 0.25) is 0 Å². The fourth-order valence-electron chi connectivity index (χ4n) is 4.43. The standard InChI is InChI=1S/C27H27FN4O2S/c1-34-22-9-11-23(12-10-22)35-24-14-25(32(18-24)16-19-5-7-20(28)8-6-19)27(33)29-15-21-17-31-13-3-2-4-26(31)30-21/h2-13,17,24-25H,14-16,18H2,1H3,(H,29,33)/t24-,25+/m1/s1. The Labute approximate surface area is 208 Å². The van der Waals surface area contributed by atoms with Crippen molar-refractivity contribution >= 4 is 23.3 Å². The highest BCUT2D eigenvalue weighted by atomic mass is 32.2. The lowest BCUT2D eigenvalue weighted by Crippen LogP contribution is -2.42. The Balaban J connectivity index is 1.28. The van der Waals surface area contributed by atoms with Crippen molar-refractivity contribution < 1.29 is 13.9 Å². The molecule has 0 spiro atoms. The molecule has 3 heterocycles. The highest BCUT2D eigenvalue weighted by molar-refractivity contribution is 8.00. The third-order valence-electron chi connectivity index (χ3n) is 6.19. The fourth-order valence-corrected chi connectivity index (χ4v) is 5.66. The van der Waals surface area contributed by atoms with Gasteiger partial charge in [0.2, 0.25) is 5.91 Å². The average molecular weight is 491 g/mol. The van der Waals surface area contributed by atoms with Crippen molar-refractivity contribution in [1.82, 2.24) is 19.6 Å². The van der Waals surface area contributed by atoms with Gasteiger partial charge < -0.3 is 14.5 Å². The molecule has 2 atom stereocenters. The number of likely N-dealkylation sites (tertiary alicyclic amines) is 1. The van der Waals surface area contributed by atoms with Gasteiger partial charge in [0.05, 0.1) is 25.4 Å². The lowest BCUT2D eigenvalue weighted by Gasteiger charge is -2.23. The molecule has 1 aliphatic heterocycles. The quantitative estimate of drug-likeness (QED) is 0.393. The molecule has 2 aromatic heterocycles. The molecular formula is C27H27FN4O2S. The van der Waals surface area contributed by atoms with E-state index in [-0.39, 0.29) is 23.0 Å². The van der Waals surface area contributed by atoms with E-state index in [1.54, 1.807) is 31.0 Å². The number of carbonyl (C=O) groups excluding carboxylic acids is 1. The van der Waals surface area contributed by atoms with Gasteiger partial charge >= 0.3 is 0 Å². The second-order valence-corrected chi connectivity index (χ2v) is 10.0. The van der Waals surface area contributed by atoms with Crippen LogP contribution in [0.25, 0.3) is 5.65 Å². The topological polar surface area (TPSA) is 58.9 Å². The number of ether oxygens (including phenoxy) is 1. The maximum atomic E-state index is 13.4. The highest BCUT2D eigenvalue weighted by Gasteiger charge is 2.37. The molecule has 0 aliphatic carbocycles. The molecule has 4 aromatic rings. The summed E-state index contributed by atoms with van der Waals surface area (Å²) >= 11 is 1.77. The van der Waals surface area contributed by atoms with E-state index < -0.39 is 0 Å². The summed E-state index contributed by atoms with van der Waals surface area (Å²) in [7, 11) is 1.65. The summed E-state index contributed by atoms with van der Waals surface area (Å²) in [4.78, 5) is 21.2. The summed E-state index contributed by atoms with van der Waals surface area (Å²) in [5.41, 5.74) is 2.66. The Kier molecular flexibility index (Phi) is 7.01. The summed E-state index contributed by atoms with van der Waals surface area (Å²) in [6, 6.07) is 20.0. The number of rotatable bonds is 8. The van der Waals surface area contributed by atoms with Crippen molar-refractivity contribution in [3.05, 3.63) is 96.2 Å². The molecule has 35 heavy (non-hydrogen) atoms. The molecule has 1 amide bonds. The molecule has 8 heteroatoms. The van der Waals surface area contributed by atoms with Gasteiger partial charge in [0.25, 0.3) is 0 Å². The normalized spacial score (nSPS) is 18.1. The van der Waals surface area contributed by atoms with Crippen LogP contribution in [-0.4, -0.2) is 45.1 Å². The van der Waals surface area contributed by atoms with Gasteiger partial charge in [-0.3, -0.25) is 9.69 Å². The van der Waals surface area contributed by atoms with E-state index in [4.69, 9.17) is 4.74 Å². The zero-order valence-electron chi connectivity index (χ0n) is 19.4. The summed E-state index contributed by atoms with van der Waals surface area (Å²) in [6.45, 7) is 1.73. The molecule has 1 aliphatic rings. The predicted molar refractivity (Wildman–Crippen MR) is 135 cm³/mol. The van der Waals surface area contributed by atoms with Crippen LogP contribution >= 0.6 is 11.8 Å². The van der Waals surface area contributed by atoms with Crippen molar-refractivity contribution in [2.45, 2.75) is 35.7 Å². The average Bonchev–Trinajstić information content (AvgIpc) is 3.48. The number of nitrogens with zero attached hydrogens (tertiary/aromatic N) is 3. The zero-order chi connectivity index (χ0) is 24.2. The third kappa shape index (κ3) is 5.66.